The molecule has 1 fully saturated rings. The summed E-state index contributed by atoms with van der Waals surface area (Å²) in [6.07, 6.45) is 0.809. The molecule has 192 valence electrons. The second kappa shape index (κ2) is 10.3. The van der Waals surface area contributed by atoms with Crippen LogP contribution >= 0.6 is 0 Å². The minimum absolute atomic E-state index is 0.00622. The van der Waals surface area contributed by atoms with E-state index in [9.17, 15) is 18.0 Å². The van der Waals surface area contributed by atoms with Crippen molar-refractivity contribution in [3.05, 3.63) is 59.4 Å². The van der Waals surface area contributed by atoms with Gasteiger partial charge in [0, 0.05) is 18.5 Å². The van der Waals surface area contributed by atoms with Gasteiger partial charge < -0.3 is 18.8 Å². The molecule has 10 heteroatoms. The molecule has 3 aromatic rings. The highest BCUT2D eigenvalue weighted by molar-refractivity contribution is 7.93. The summed E-state index contributed by atoms with van der Waals surface area (Å²) in [6.45, 7) is 6.95. The third-order valence-electron chi connectivity index (χ3n) is 6.03. The van der Waals surface area contributed by atoms with E-state index in [1.807, 2.05) is 0 Å². The Bertz CT molecular complexity index is 1370. The third kappa shape index (κ3) is 4.96. The van der Waals surface area contributed by atoms with Crippen LogP contribution in [0.1, 0.15) is 35.5 Å². The number of methoxy groups -OCH3 is 1. The van der Waals surface area contributed by atoms with E-state index in [4.69, 9.17) is 13.9 Å². The number of carbonyl (C=O) groups is 2. The Morgan fingerprint density at radius 3 is 2.36 bits per heavy atom. The number of hydrogen-bond donors (Lipinski definition) is 0. The maximum Gasteiger partial charge on any atom is 0.342 e. The van der Waals surface area contributed by atoms with Gasteiger partial charge in [0.25, 0.3) is 10.0 Å². The van der Waals surface area contributed by atoms with E-state index in [2.05, 4.69) is 13.8 Å². The van der Waals surface area contributed by atoms with Crippen molar-refractivity contribution in [2.45, 2.75) is 32.1 Å². The van der Waals surface area contributed by atoms with Crippen LogP contribution in [0.4, 0.5) is 10.5 Å². The molecule has 0 saturated carbocycles. The number of furan rings is 1. The molecular weight excluding hydrogens is 484 g/mol. The highest BCUT2D eigenvalue weighted by Gasteiger charge is 2.35. The minimum Gasteiger partial charge on any atom is -0.465 e. The summed E-state index contributed by atoms with van der Waals surface area (Å²) in [5, 5.41) is 0.360. The van der Waals surface area contributed by atoms with Crippen molar-refractivity contribution in [3.63, 3.8) is 0 Å². The van der Waals surface area contributed by atoms with E-state index in [-0.39, 0.29) is 29.2 Å². The van der Waals surface area contributed by atoms with Gasteiger partial charge in [-0.1, -0.05) is 26.0 Å². The summed E-state index contributed by atoms with van der Waals surface area (Å²) in [6, 6.07) is 10.4. The number of anilines is 1. The first-order valence-corrected chi connectivity index (χ1v) is 13.2. The Morgan fingerprint density at radius 2 is 1.75 bits per heavy atom. The Balaban J connectivity index is 1.84. The van der Waals surface area contributed by atoms with E-state index in [0.717, 1.165) is 16.3 Å². The summed E-state index contributed by atoms with van der Waals surface area (Å²) in [7, 11) is -3.04. The van der Waals surface area contributed by atoms with Crippen molar-refractivity contribution < 1.29 is 31.9 Å². The number of rotatable bonds is 6. The molecule has 0 N–H and O–H groups in total. The van der Waals surface area contributed by atoms with Crippen LogP contribution in [0.25, 0.3) is 11.0 Å². The van der Waals surface area contributed by atoms with Crippen LogP contribution in [-0.2, 0) is 25.9 Å². The lowest BCUT2D eigenvalue weighted by Gasteiger charge is -2.32. The van der Waals surface area contributed by atoms with E-state index >= 15 is 0 Å². The molecule has 0 bridgehead atoms. The molecule has 0 atom stereocenters. The Hall–Kier alpha value is -3.37. The first kappa shape index (κ1) is 25.7. The van der Waals surface area contributed by atoms with Gasteiger partial charge in [0.15, 0.2) is 0 Å². The van der Waals surface area contributed by atoms with Crippen LogP contribution < -0.4 is 4.31 Å². The molecule has 1 aliphatic heterocycles. The third-order valence-corrected chi connectivity index (χ3v) is 7.75. The highest BCUT2D eigenvalue weighted by atomic mass is 32.2. The predicted octanol–water partition coefficient (Wildman–Crippen LogP) is 4.37. The zero-order chi connectivity index (χ0) is 26.0. The van der Waals surface area contributed by atoms with Crippen molar-refractivity contribution in [2.24, 2.45) is 5.92 Å². The van der Waals surface area contributed by atoms with Crippen molar-refractivity contribution >= 4 is 38.7 Å². The number of nitrogens with zero attached hydrogens (tertiary/aromatic N) is 2. The average Bonchev–Trinajstić information content (AvgIpc) is 3.19. The molecule has 1 saturated heterocycles. The molecule has 4 rings (SSSR count). The van der Waals surface area contributed by atoms with Crippen LogP contribution in [0.3, 0.4) is 0 Å². The molecule has 2 aromatic carbocycles. The molecule has 2 heterocycles. The molecule has 0 unspecified atom stereocenters. The smallest absolute Gasteiger partial charge is 0.342 e. The van der Waals surface area contributed by atoms with Crippen LogP contribution in [0, 0.1) is 12.8 Å². The normalized spacial score (nSPS) is 14.3. The predicted molar refractivity (Wildman–Crippen MR) is 135 cm³/mol. The molecule has 0 spiro atoms. The zero-order valence-corrected chi connectivity index (χ0v) is 21.6. The number of fused-ring (bicyclic) bond motifs is 1. The topological polar surface area (TPSA) is 106 Å². The van der Waals surface area contributed by atoms with Gasteiger partial charge in [-0.2, -0.15) is 4.31 Å². The summed E-state index contributed by atoms with van der Waals surface area (Å²) in [5.74, 6) is 0.141. The number of amides is 2. The molecule has 1 aromatic heterocycles. The molecule has 9 nitrogen and oxygen atoms in total. The summed E-state index contributed by atoms with van der Waals surface area (Å²) in [5.41, 5.74) is 1.67. The van der Waals surface area contributed by atoms with Gasteiger partial charge >= 0.3 is 12.0 Å². The van der Waals surface area contributed by atoms with Gasteiger partial charge in [0.05, 0.1) is 30.9 Å². The lowest BCUT2D eigenvalue weighted by molar-refractivity contribution is 0.0557. The summed E-state index contributed by atoms with van der Waals surface area (Å²) < 4.78 is 44.5. The number of urea groups is 1. The van der Waals surface area contributed by atoms with Crippen molar-refractivity contribution in [1.29, 1.82) is 0 Å². The first-order chi connectivity index (χ1) is 17.1. The molecular formula is C26H30N2O7S. The second-order valence-electron chi connectivity index (χ2n) is 9.10. The maximum absolute atomic E-state index is 13.9. The maximum atomic E-state index is 13.9. The number of morpholine rings is 1. The van der Waals surface area contributed by atoms with Gasteiger partial charge in [-0.15, -0.1) is 0 Å². The summed E-state index contributed by atoms with van der Waals surface area (Å²) in [4.78, 5) is 27.5. The van der Waals surface area contributed by atoms with Crippen molar-refractivity contribution in [3.8, 4) is 0 Å². The number of sulfonamides is 1. The average molecular weight is 515 g/mol. The lowest BCUT2D eigenvalue weighted by atomic mass is 10.0. The van der Waals surface area contributed by atoms with E-state index < -0.39 is 22.0 Å². The molecule has 0 aliphatic carbocycles. The molecule has 1 aliphatic rings. The highest BCUT2D eigenvalue weighted by Crippen LogP contribution is 2.33. The number of aryl methyl sites for hydroxylation is 1. The minimum atomic E-state index is -4.29. The SMILES string of the molecule is COC(=O)c1c(C)oc2ccc(N(C(=O)N3CCOCC3)S(=O)(=O)c3ccc(CC(C)C)cc3)cc12. The lowest BCUT2D eigenvalue weighted by Crippen LogP contribution is -2.50. The van der Waals surface area contributed by atoms with Gasteiger partial charge in [-0.25, -0.2) is 18.0 Å². The van der Waals surface area contributed by atoms with Crippen LogP contribution in [0.5, 0.6) is 0 Å². The van der Waals surface area contributed by atoms with Gasteiger partial charge in [0.1, 0.15) is 16.9 Å². The largest absolute Gasteiger partial charge is 0.465 e. The van der Waals surface area contributed by atoms with Gasteiger partial charge in [-0.05, 0) is 55.2 Å². The fourth-order valence-corrected chi connectivity index (χ4v) is 5.70. The number of benzene rings is 2. The molecule has 36 heavy (non-hydrogen) atoms. The first-order valence-electron chi connectivity index (χ1n) is 11.8. The quantitative estimate of drug-likeness (QED) is 0.450. The Morgan fingerprint density at radius 1 is 1.08 bits per heavy atom. The monoisotopic (exact) mass is 514 g/mol. The Kier molecular flexibility index (Phi) is 7.37. The van der Waals surface area contributed by atoms with Crippen LogP contribution in [0.15, 0.2) is 51.8 Å². The van der Waals surface area contributed by atoms with Crippen LogP contribution in [-0.4, -0.2) is 58.7 Å². The number of esters is 1. The number of carbonyl (C=O) groups excluding carboxylic acids is 2. The van der Waals surface area contributed by atoms with E-state index in [0.29, 0.717) is 35.9 Å². The van der Waals surface area contributed by atoms with Gasteiger partial charge in [0.2, 0.25) is 0 Å². The fraction of sp³-hybridized carbons (Fsp3) is 0.385. The van der Waals surface area contributed by atoms with E-state index in [1.54, 1.807) is 25.1 Å². The fourth-order valence-electron chi connectivity index (χ4n) is 4.30. The second-order valence-corrected chi connectivity index (χ2v) is 10.9. The summed E-state index contributed by atoms with van der Waals surface area (Å²) >= 11 is 0. The van der Waals surface area contributed by atoms with E-state index in [1.165, 1.54) is 36.3 Å². The zero-order valence-electron chi connectivity index (χ0n) is 20.8. The van der Waals surface area contributed by atoms with Crippen LogP contribution in [0.2, 0.25) is 0 Å². The van der Waals surface area contributed by atoms with Crippen molar-refractivity contribution in [1.82, 2.24) is 4.90 Å². The molecule has 2 amide bonds. The number of ether oxygens (including phenoxy) is 2. The van der Waals surface area contributed by atoms with Crippen molar-refractivity contribution in [2.75, 3.05) is 37.7 Å². The van der Waals surface area contributed by atoms with Gasteiger partial charge in [-0.3, -0.25) is 0 Å². The Labute approximate surface area is 210 Å². The standard InChI is InChI=1S/C26H30N2O7S/c1-17(2)15-19-5-8-21(9-6-19)36(31,32)28(26(30)27-11-13-34-14-12-27)20-7-10-23-22(16-20)24(18(3)35-23)25(29)33-4/h5-10,16-17H,11-15H2,1-4H3. The molecule has 0 radical (unpaired) electrons. The number of hydrogen-bond acceptors (Lipinski definition) is 7.